The highest BCUT2D eigenvalue weighted by Gasteiger charge is 2.21. The van der Waals surface area contributed by atoms with Gasteiger partial charge >= 0.3 is 5.97 Å². The van der Waals surface area contributed by atoms with Crippen LogP contribution in [0.3, 0.4) is 0 Å². The SMILES string of the molecule is COC(=O)c1nn(CC(C)(C)O)c2ccc(C)cc12. The highest BCUT2D eigenvalue weighted by Crippen LogP contribution is 2.22. The van der Waals surface area contributed by atoms with Gasteiger partial charge in [-0.1, -0.05) is 11.6 Å². The lowest BCUT2D eigenvalue weighted by atomic mass is 10.1. The summed E-state index contributed by atoms with van der Waals surface area (Å²) in [6.07, 6.45) is 0. The summed E-state index contributed by atoms with van der Waals surface area (Å²) in [5, 5.41) is 14.9. The average molecular weight is 262 g/mol. The largest absolute Gasteiger partial charge is 0.464 e. The summed E-state index contributed by atoms with van der Waals surface area (Å²) in [5.74, 6) is -0.468. The molecule has 0 saturated heterocycles. The number of rotatable bonds is 3. The van der Waals surface area contributed by atoms with E-state index in [1.807, 2.05) is 25.1 Å². The van der Waals surface area contributed by atoms with Crippen molar-refractivity contribution in [3.63, 3.8) is 0 Å². The summed E-state index contributed by atoms with van der Waals surface area (Å²) in [5.41, 5.74) is 1.23. The molecule has 0 amide bonds. The summed E-state index contributed by atoms with van der Waals surface area (Å²) in [7, 11) is 1.33. The lowest BCUT2D eigenvalue weighted by Gasteiger charge is -2.17. The summed E-state index contributed by atoms with van der Waals surface area (Å²) < 4.78 is 6.39. The minimum Gasteiger partial charge on any atom is -0.464 e. The topological polar surface area (TPSA) is 64.3 Å². The van der Waals surface area contributed by atoms with Gasteiger partial charge in [0.1, 0.15) is 0 Å². The van der Waals surface area contributed by atoms with Crippen molar-refractivity contribution in [2.24, 2.45) is 0 Å². The molecule has 2 rings (SSSR count). The van der Waals surface area contributed by atoms with E-state index in [9.17, 15) is 9.90 Å². The van der Waals surface area contributed by atoms with Crippen LogP contribution in [0.15, 0.2) is 18.2 Å². The molecule has 0 atom stereocenters. The number of aromatic nitrogens is 2. The molecule has 0 fully saturated rings. The number of ether oxygens (including phenoxy) is 1. The number of hydrogen-bond acceptors (Lipinski definition) is 4. The fraction of sp³-hybridized carbons (Fsp3) is 0.429. The first-order valence-corrected chi connectivity index (χ1v) is 6.10. The van der Waals surface area contributed by atoms with E-state index in [2.05, 4.69) is 5.10 Å². The van der Waals surface area contributed by atoms with Crippen LogP contribution < -0.4 is 0 Å². The van der Waals surface area contributed by atoms with Crippen molar-refractivity contribution >= 4 is 16.9 Å². The van der Waals surface area contributed by atoms with Gasteiger partial charge in [0.25, 0.3) is 0 Å². The molecule has 0 radical (unpaired) electrons. The highest BCUT2D eigenvalue weighted by molar-refractivity contribution is 6.02. The van der Waals surface area contributed by atoms with Gasteiger partial charge in [0.15, 0.2) is 5.69 Å². The second-order valence-corrected chi connectivity index (χ2v) is 5.33. The van der Waals surface area contributed by atoms with Crippen LogP contribution in [0, 0.1) is 6.92 Å². The summed E-state index contributed by atoms with van der Waals surface area (Å²) in [4.78, 5) is 11.8. The molecule has 1 N–H and O–H groups in total. The van der Waals surface area contributed by atoms with Crippen molar-refractivity contribution in [2.75, 3.05) is 7.11 Å². The number of fused-ring (bicyclic) bond motifs is 1. The van der Waals surface area contributed by atoms with Gasteiger partial charge in [0, 0.05) is 5.39 Å². The van der Waals surface area contributed by atoms with E-state index in [1.165, 1.54) is 7.11 Å². The van der Waals surface area contributed by atoms with Crippen molar-refractivity contribution in [3.8, 4) is 0 Å². The molecule has 1 heterocycles. The number of methoxy groups -OCH3 is 1. The van der Waals surface area contributed by atoms with Crippen LogP contribution in [0.25, 0.3) is 10.9 Å². The Hall–Kier alpha value is -1.88. The smallest absolute Gasteiger partial charge is 0.359 e. The molecule has 5 nitrogen and oxygen atoms in total. The van der Waals surface area contributed by atoms with Crippen LogP contribution in [0.2, 0.25) is 0 Å². The fourth-order valence-corrected chi connectivity index (χ4v) is 2.03. The molecule has 5 heteroatoms. The number of hydrogen-bond donors (Lipinski definition) is 1. The molecule has 0 aliphatic heterocycles. The molecule has 1 aromatic carbocycles. The van der Waals surface area contributed by atoms with Gasteiger partial charge in [-0.25, -0.2) is 4.79 Å². The summed E-state index contributed by atoms with van der Waals surface area (Å²) in [6, 6.07) is 5.75. The van der Waals surface area contributed by atoms with Crippen LogP contribution >= 0.6 is 0 Å². The van der Waals surface area contributed by atoms with Crippen LogP contribution in [0.1, 0.15) is 29.9 Å². The van der Waals surface area contributed by atoms with Crippen molar-refractivity contribution in [1.82, 2.24) is 9.78 Å². The van der Waals surface area contributed by atoms with E-state index in [0.717, 1.165) is 16.5 Å². The van der Waals surface area contributed by atoms with Gasteiger partial charge in [0.05, 0.1) is 24.8 Å². The van der Waals surface area contributed by atoms with Gasteiger partial charge in [-0.2, -0.15) is 5.10 Å². The summed E-state index contributed by atoms with van der Waals surface area (Å²) in [6.45, 7) is 5.66. The number of aliphatic hydroxyl groups is 1. The number of aryl methyl sites for hydroxylation is 1. The molecule has 19 heavy (non-hydrogen) atoms. The Morgan fingerprint density at radius 1 is 1.47 bits per heavy atom. The predicted molar refractivity (Wildman–Crippen MR) is 72.1 cm³/mol. The van der Waals surface area contributed by atoms with E-state index in [1.54, 1.807) is 18.5 Å². The second kappa shape index (κ2) is 4.66. The highest BCUT2D eigenvalue weighted by atomic mass is 16.5. The molecule has 102 valence electrons. The maximum Gasteiger partial charge on any atom is 0.359 e. The first-order chi connectivity index (χ1) is 8.81. The maximum atomic E-state index is 11.8. The van der Waals surface area contributed by atoms with Crippen LogP contribution in [0.5, 0.6) is 0 Å². The predicted octanol–water partition coefficient (Wildman–Crippen LogP) is 1.90. The lowest BCUT2D eigenvalue weighted by molar-refractivity contribution is 0.0551. The number of esters is 1. The zero-order chi connectivity index (χ0) is 14.2. The molecule has 0 aliphatic carbocycles. The van der Waals surface area contributed by atoms with Crippen molar-refractivity contribution < 1.29 is 14.6 Å². The van der Waals surface area contributed by atoms with E-state index >= 15 is 0 Å². The molecule has 1 aromatic heterocycles. The normalized spacial score (nSPS) is 11.8. The third-order valence-electron chi connectivity index (χ3n) is 2.82. The Kier molecular flexibility index (Phi) is 3.32. The van der Waals surface area contributed by atoms with Gasteiger partial charge in [0.2, 0.25) is 0 Å². The van der Waals surface area contributed by atoms with Gasteiger partial charge < -0.3 is 9.84 Å². The van der Waals surface area contributed by atoms with Crippen molar-refractivity contribution in [1.29, 1.82) is 0 Å². The third-order valence-corrected chi connectivity index (χ3v) is 2.82. The Morgan fingerprint density at radius 2 is 2.16 bits per heavy atom. The third kappa shape index (κ3) is 2.76. The van der Waals surface area contributed by atoms with E-state index < -0.39 is 11.6 Å². The average Bonchev–Trinajstić information content (AvgIpc) is 2.64. The quantitative estimate of drug-likeness (QED) is 0.858. The van der Waals surface area contributed by atoms with Crippen molar-refractivity contribution in [2.45, 2.75) is 32.9 Å². The Labute approximate surface area is 111 Å². The molecule has 0 bridgehead atoms. The Balaban J connectivity index is 2.63. The molecular formula is C14H18N2O3. The zero-order valence-corrected chi connectivity index (χ0v) is 11.6. The van der Waals surface area contributed by atoms with Gasteiger partial charge in [-0.05, 0) is 32.9 Å². The van der Waals surface area contributed by atoms with E-state index in [0.29, 0.717) is 6.54 Å². The summed E-state index contributed by atoms with van der Waals surface area (Å²) >= 11 is 0. The second-order valence-electron chi connectivity index (χ2n) is 5.33. The van der Waals surface area contributed by atoms with Gasteiger partial charge in [-0.3, -0.25) is 4.68 Å². The molecule has 0 aliphatic rings. The minimum absolute atomic E-state index is 0.283. The first kappa shape index (κ1) is 13.5. The number of carbonyl (C=O) groups excluding carboxylic acids is 1. The van der Waals surface area contributed by atoms with E-state index in [4.69, 9.17) is 4.74 Å². The van der Waals surface area contributed by atoms with Crippen LogP contribution in [-0.2, 0) is 11.3 Å². The monoisotopic (exact) mass is 262 g/mol. The molecule has 0 saturated carbocycles. The molecule has 0 spiro atoms. The number of nitrogens with zero attached hydrogens (tertiary/aromatic N) is 2. The number of carbonyl (C=O) groups is 1. The lowest BCUT2D eigenvalue weighted by Crippen LogP contribution is -2.26. The molecule has 0 unspecified atom stereocenters. The first-order valence-electron chi connectivity index (χ1n) is 6.10. The number of benzene rings is 1. The van der Waals surface area contributed by atoms with Crippen molar-refractivity contribution in [3.05, 3.63) is 29.5 Å². The fourth-order valence-electron chi connectivity index (χ4n) is 2.03. The maximum absolute atomic E-state index is 11.8. The zero-order valence-electron chi connectivity index (χ0n) is 11.6. The minimum atomic E-state index is -0.906. The van der Waals surface area contributed by atoms with Crippen LogP contribution in [-0.4, -0.2) is 33.6 Å². The Bertz CT molecular complexity index is 623. The van der Waals surface area contributed by atoms with Crippen LogP contribution in [0.4, 0.5) is 0 Å². The standard InChI is InChI=1S/C14H18N2O3/c1-9-5-6-11-10(7-9)12(13(17)19-4)15-16(11)8-14(2,3)18/h5-7,18H,8H2,1-4H3. The van der Waals surface area contributed by atoms with Gasteiger partial charge in [-0.15, -0.1) is 0 Å². The molecular weight excluding hydrogens is 244 g/mol. The molecule has 2 aromatic rings. The Morgan fingerprint density at radius 3 is 2.74 bits per heavy atom. The van der Waals surface area contributed by atoms with E-state index in [-0.39, 0.29) is 5.69 Å².